The Balaban J connectivity index is 1.45. The van der Waals surface area contributed by atoms with Crippen molar-refractivity contribution in [3.8, 4) is 5.75 Å². The summed E-state index contributed by atoms with van der Waals surface area (Å²) in [6.07, 6.45) is 7.49. The first-order valence-electron chi connectivity index (χ1n) is 16.0. The Morgan fingerprint density at radius 1 is 1.17 bits per heavy atom. The number of benzene rings is 2. The largest absolute Gasteiger partial charge is 0.490 e. The lowest BCUT2D eigenvalue weighted by atomic mass is 9.68. The molecule has 0 aromatic heterocycles. The van der Waals surface area contributed by atoms with Crippen molar-refractivity contribution in [3.63, 3.8) is 0 Å². The van der Waals surface area contributed by atoms with Gasteiger partial charge in [0.2, 0.25) is 0 Å². The van der Waals surface area contributed by atoms with Crippen LogP contribution in [0.2, 0.25) is 5.02 Å². The van der Waals surface area contributed by atoms with E-state index in [1.165, 1.54) is 17.2 Å². The number of nitrogens with zero attached hydrogens (tertiary/aromatic N) is 2. The average molecular weight is 671 g/mol. The minimum absolute atomic E-state index is 0.00333. The third-order valence-electron chi connectivity index (χ3n) is 10.6. The summed E-state index contributed by atoms with van der Waals surface area (Å²) < 4.78 is 42.1. The van der Waals surface area contributed by atoms with Crippen molar-refractivity contribution in [3.05, 3.63) is 64.7 Å². The fourth-order valence-electron chi connectivity index (χ4n) is 7.31. The maximum absolute atomic E-state index is 13.7. The third kappa shape index (κ3) is 6.09. The quantitative estimate of drug-likeness (QED) is 0.422. The molecule has 4 atom stereocenters. The zero-order valence-corrected chi connectivity index (χ0v) is 28.4. The van der Waals surface area contributed by atoms with E-state index in [-0.39, 0.29) is 22.1 Å². The van der Waals surface area contributed by atoms with Crippen LogP contribution in [-0.4, -0.2) is 77.3 Å². The molecule has 46 heavy (non-hydrogen) atoms. The number of halogens is 1. The molecule has 0 radical (unpaired) electrons. The Labute approximate surface area is 276 Å². The number of rotatable bonds is 1. The first-order valence-corrected chi connectivity index (χ1v) is 17.8. The normalized spacial score (nSPS) is 29.5. The van der Waals surface area contributed by atoms with Crippen LogP contribution in [0.4, 0.5) is 10.5 Å². The van der Waals surface area contributed by atoms with Crippen LogP contribution in [-0.2, 0) is 31.4 Å². The number of anilines is 1. The molecule has 1 saturated carbocycles. The lowest BCUT2D eigenvalue weighted by Gasteiger charge is -2.46. The number of nitrogens with one attached hydrogen (secondary N) is 2. The molecule has 0 saturated heterocycles. The second-order valence-corrected chi connectivity index (χ2v) is 15.8. The molecule has 1 fully saturated rings. The Morgan fingerprint density at radius 3 is 2.72 bits per heavy atom. The summed E-state index contributed by atoms with van der Waals surface area (Å²) in [6.45, 7) is 5.37. The van der Waals surface area contributed by atoms with Gasteiger partial charge in [-0.3, -0.25) is 9.69 Å². The highest BCUT2D eigenvalue weighted by Crippen LogP contribution is 2.47. The lowest BCUT2D eigenvalue weighted by Crippen LogP contribution is -2.54. The number of sulfonamides is 1. The first kappa shape index (κ1) is 32.7. The monoisotopic (exact) mass is 670 g/mol. The molecule has 6 rings (SSSR count). The van der Waals surface area contributed by atoms with E-state index in [1.54, 1.807) is 45.0 Å². The topological polar surface area (TPSA) is 117 Å². The van der Waals surface area contributed by atoms with Gasteiger partial charge >= 0.3 is 6.09 Å². The van der Waals surface area contributed by atoms with Crippen LogP contribution in [0.15, 0.2) is 53.4 Å². The van der Waals surface area contributed by atoms with Crippen molar-refractivity contribution in [2.45, 2.75) is 67.9 Å². The Hall–Kier alpha value is -3.28. The van der Waals surface area contributed by atoms with Gasteiger partial charge in [0, 0.05) is 43.0 Å². The number of likely N-dealkylation sites (N-methyl/N-ethyl adjacent to an activating group) is 1. The van der Waals surface area contributed by atoms with Crippen molar-refractivity contribution in [2.24, 2.45) is 11.8 Å². The summed E-state index contributed by atoms with van der Waals surface area (Å²) in [5.74, 6) is 0.194. The molecule has 2 amide bonds. The Kier molecular flexibility index (Phi) is 8.80. The summed E-state index contributed by atoms with van der Waals surface area (Å²) in [5, 5.41) is 3.28. The van der Waals surface area contributed by atoms with Crippen molar-refractivity contribution >= 4 is 39.3 Å². The van der Waals surface area contributed by atoms with Gasteiger partial charge in [-0.2, -0.15) is 0 Å². The molecule has 1 spiro atoms. The molecule has 2 aliphatic carbocycles. The smallest absolute Gasteiger partial charge is 0.407 e. The summed E-state index contributed by atoms with van der Waals surface area (Å²) >= 11 is 6.41. The van der Waals surface area contributed by atoms with E-state index >= 15 is 0 Å². The highest BCUT2D eigenvalue weighted by molar-refractivity contribution is 7.90. The van der Waals surface area contributed by atoms with E-state index in [1.807, 2.05) is 24.3 Å². The zero-order chi connectivity index (χ0) is 32.9. The van der Waals surface area contributed by atoms with E-state index in [4.69, 9.17) is 21.1 Å². The standard InChI is InChI=1S/C34H43ClN4O6S/c1-33(2)31(40)37-46(42,43)25-11-14-30-28(18-25)39(20-34(21-44-30)15-5-7-22-17-24(35)10-13-27(22)34)19-23-9-12-26(23)29(45-32(41)36-3)8-6-16-38(33)4/h6,8,10-11,13-14,17-18,23,26,29H,5,7,9,12,15-16,19-21H2,1-4H3,(H,36,41)(H,37,40)/b8-6+/t23-,26+,29-,34-/m0/s1. The van der Waals surface area contributed by atoms with Gasteiger partial charge in [0.15, 0.2) is 0 Å². The number of alkyl carbamates (subject to hydrolysis) is 1. The second kappa shape index (κ2) is 12.4. The minimum Gasteiger partial charge on any atom is -0.490 e. The number of ether oxygens (including phenoxy) is 2. The van der Waals surface area contributed by atoms with Crippen LogP contribution in [0.25, 0.3) is 0 Å². The molecule has 2 bridgehead atoms. The van der Waals surface area contributed by atoms with E-state index < -0.39 is 33.7 Å². The number of amides is 2. The van der Waals surface area contributed by atoms with Gasteiger partial charge in [-0.05, 0) is 106 Å². The number of hydrogen-bond donors (Lipinski definition) is 2. The SMILES string of the molecule is CNC(=O)O[C@H]1/C=C/CN(C)C(C)(C)C(=O)NS(=O)(=O)c2ccc3c(c2)N(C[C@@H]2CC[C@H]21)C[C@@]1(CCCc2cc(Cl)ccc21)CO3. The van der Waals surface area contributed by atoms with Gasteiger partial charge in [-0.15, -0.1) is 0 Å². The maximum atomic E-state index is 13.7. The van der Waals surface area contributed by atoms with Crippen LogP contribution in [0.3, 0.4) is 0 Å². The maximum Gasteiger partial charge on any atom is 0.407 e. The fraction of sp³-hybridized carbons (Fsp3) is 0.529. The number of carbonyl (C=O) groups excluding carboxylic acids is 2. The van der Waals surface area contributed by atoms with Gasteiger partial charge in [0.05, 0.1) is 22.7 Å². The van der Waals surface area contributed by atoms with Crippen LogP contribution in [0.1, 0.15) is 50.7 Å². The predicted octanol–water partition coefficient (Wildman–Crippen LogP) is 4.65. The number of hydrogen-bond acceptors (Lipinski definition) is 8. The molecule has 2 N–H and O–H groups in total. The molecule has 2 aliphatic heterocycles. The van der Waals surface area contributed by atoms with Crippen LogP contribution >= 0.6 is 11.6 Å². The average Bonchev–Trinajstić information content (AvgIpc) is 3.15. The molecular formula is C34H43ClN4O6S. The molecule has 2 aromatic rings. The van der Waals surface area contributed by atoms with Crippen molar-refractivity contribution in [1.29, 1.82) is 0 Å². The summed E-state index contributed by atoms with van der Waals surface area (Å²) in [6, 6.07) is 10.9. The molecule has 10 nitrogen and oxygen atoms in total. The van der Waals surface area contributed by atoms with Gasteiger partial charge in [-0.1, -0.05) is 23.7 Å². The molecule has 248 valence electrons. The number of aryl methyl sites for hydroxylation is 1. The molecule has 2 aromatic carbocycles. The van der Waals surface area contributed by atoms with E-state index in [0.717, 1.165) is 32.1 Å². The Morgan fingerprint density at radius 2 is 1.98 bits per heavy atom. The summed E-state index contributed by atoms with van der Waals surface area (Å²) in [5.41, 5.74) is 1.60. The first-order chi connectivity index (χ1) is 21.8. The summed E-state index contributed by atoms with van der Waals surface area (Å²) in [7, 11) is -0.894. The van der Waals surface area contributed by atoms with Crippen molar-refractivity contribution in [2.75, 3.05) is 45.2 Å². The van der Waals surface area contributed by atoms with Gasteiger partial charge in [0.25, 0.3) is 15.9 Å². The third-order valence-corrected chi connectivity index (χ3v) is 12.1. The summed E-state index contributed by atoms with van der Waals surface area (Å²) in [4.78, 5) is 29.9. The highest BCUT2D eigenvalue weighted by Gasteiger charge is 2.45. The highest BCUT2D eigenvalue weighted by atomic mass is 35.5. The molecule has 2 heterocycles. The van der Waals surface area contributed by atoms with Gasteiger partial charge in [0.1, 0.15) is 11.9 Å². The second-order valence-electron chi connectivity index (χ2n) is 13.7. The zero-order valence-electron chi connectivity index (χ0n) is 26.8. The minimum atomic E-state index is -4.19. The molecule has 12 heteroatoms. The number of carbonyl (C=O) groups is 2. The van der Waals surface area contributed by atoms with E-state index in [0.29, 0.717) is 42.7 Å². The van der Waals surface area contributed by atoms with Crippen LogP contribution < -0.4 is 19.7 Å². The lowest BCUT2D eigenvalue weighted by molar-refractivity contribution is -0.128. The number of fused-ring (bicyclic) bond motifs is 4. The van der Waals surface area contributed by atoms with Crippen molar-refractivity contribution in [1.82, 2.24) is 14.9 Å². The van der Waals surface area contributed by atoms with E-state index in [2.05, 4.69) is 21.0 Å². The van der Waals surface area contributed by atoms with E-state index in [9.17, 15) is 18.0 Å². The van der Waals surface area contributed by atoms with Gasteiger partial charge < -0.3 is 19.7 Å². The van der Waals surface area contributed by atoms with Crippen molar-refractivity contribution < 1.29 is 27.5 Å². The molecule has 0 unspecified atom stereocenters. The van der Waals surface area contributed by atoms with Crippen LogP contribution in [0, 0.1) is 11.8 Å². The molecule has 4 aliphatic rings. The van der Waals surface area contributed by atoms with Crippen LogP contribution in [0.5, 0.6) is 5.75 Å². The molecular weight excluding hydrogens is 628 g/mol. The Bertz CT molecular complexity index is 1660. The fourth-order valence-corrected chi connectivity index (χ4v) is 8.63. The van der Waals surface area contributed by atoms with Gasteiger partial charge in [-0.25, -0.2) is 17.9 Å². The predicted molar refractivity (Wildman–Crippen MR) is 177 cm³/mol.